The SMILES string of the molecule is C[C@H](C#Cc1ccc(COCc2ccc3c(ccc(=O)n3C)c2)s1)N(O)C(N)=O. The first kappa shape index (κ1) is 20.6. The highest BCUT2D eigenvalue weighted by Crippen LogP contribution is 2.18. The molecule has 0 bridgehead atoms. The van der Waals surface area contributed by atoms with Gasteiger partial charge in [0.05, 0.1) is 23.6 Å². The maximum atomic E-state index is 11.7. The topological polar surface area (TPSA) is 97.8 Å². The van der Waals surface area contributed by atoms with E-state index in [4.69, 9.17) is 10.5 Å². The maximum Gasteiger partial charge on any atom is 0.339 e. The smallest absolute Gasteiger partial charge is 0.339 e. The van der Waals surface area contributed by atoms with Crippen molar-refractivity contribution in [2.45, 2.75) is 26.2 Å². The summed E-state index contributed by atoms with van der Waals surface area (Å²) < 4.78 is 7.42. The van der Waals surface area contributed by atoms with Crippen molar-refractivity contribution in [1.82, 2.24) is 9.63 Å². The van der Waals surface area contributed by atoms with E-state index in [1.54, 1.807) is 24.6 Å². The van der Waals surface area contributed by atoms with Gasteiger partial charge >= 0.3 is 6.03 Å². The number of aryl methyl sites for hydroxylation is 1. The molecule has 3 N–H and O–H groups in total. The Hall–Kier alpha value is -3.12. The molecule has 8 heteroatoms. The lowest BCUT2D eigenvalue weighted by Gasteiger charge is -2.14. The van der Waals surface area contributed by atoms with Crippen molar-refractivity contribution in [2.75, 3.05) is 0 Å². The summed E-state index contributed by atoms with van der Waals surface area (Å²) in [7, 11) is 1.75. The lowest BCUT2D eigenvalue weighted by atomic mass is 10.1. The molecule has 0 spiro atoms. The molecular formula is C21H21N3O4S. The number of hydrogen-bond acceptors (Lipinski definition) is 5. The third-order valence-electron chi connectivity index (χ3n) is 4.36. The second kappa shape index (κ2) is 8.92. The number of carbonyl (C=O) groups excluding carboxylic acids is 1. The van der Waals surface area contributed by atoms with E-state index < -0.39 is 12.1 Å². The number of aromatic nitrogens is 1. The third kappa shape index (κ3) is 5.03. The Balaban J connectivity index is 1.58. The van der Waals surface area contributed by atoms with E-state index in [1.807, 2.05) is 36.4 Å². The molecule has 2 amide bonds. The van der Waals surface area contributed by atoms with Crippen molar-refractivity contribution in [3.63, 3.8) is 0 Å². The highest BCUT2D eigenvalue weighted by molar-refractivity contribution is 7.12. The van der Waals surface area contributed by atoms with Gasteiger partial charge in [-0.1, -0.05) is 17.9 Å². The fourth-order valence-electron chi connectivity index (χ4n) is 2.74. The molecule has 1 aromatic carbocycles. The molecule has 0 saturated heterocycles. The van der Waals surface area contributed by atoms with Gasteiger partial charge in [-0.25, -0.2) is 4.79 Å². The quantitative estimate of drug-likeness (QED) is 0.383. The number of carbonyl (C=O) groups is 1. The Morgan fingerprint density at radius 1 is 1.28 bits per heavy atom. The fourth-order valence-corrected chi connectivity index (χ4v) is 3.55. The molecule has 2 heterocycles. The first-order chi connectivity index (χ1) is 13.8. The average Bonchev–Trinajstić information content (AvgIpc) is 3.16. The number of ether oxygens (including phenoxy) is 1. The first-order valence-corrected chi connectivity index (χ1v) is 9.71. The Morgan fingerprint density at radius 3 is 2.83 bits per heavy atom. The molecule has 0 radical (unpaired) electrons. The second-order valence-electron chi connectivity index (χ2n) is 6.51. The van der Waals surface area contributed by atoms with Gasteiger partial charge in [0.25, 0.3) is 5.56 Å². The predicted molar refractivity (Wildman–Crippen MR) is 112 cm³/mol. The fraction of sp³-hybridized carbons (Fsp3) is 0.238. The summed E-state index contributed by atoms with van der Waals surface area (Å²) >= 11 is 1.48. The number of fused-ring (bicyclic) bond motifs is 1. The molecule has 29 heavy (non-hydrogen) atoms. The average molecular weight is 411 g/mol. The van der Waals surface area contributed by atoms with Crippen LogP contribution in [0.2, 0.25) is 0 Å². The maximum absolute atomic E-state index is 11.7. The minimum atomic E-state index is -0.942. The highest BCUT2D eigenvalue weighted by Gasteiger charge is 2.11. The van der Waals surface area contributed by atoms with Crippen LogP contribution in [-0.4, -0.2) is 26.9 Å². The van der Waals surface area contributed by atoms with Crippen LogP contribution in [0.15, 0.2) is 47.3 Å². The van der Waals surface area contributed by atoms with Crippen molar-refractivity contribution in [2.24, 2.45) is 12.8 Å². The van der Waals surface area contributed by atoms with E-state index in [1.165, 1.54) is 11.3 Å². The zero-order valence-corrected chi connectivity index (χ0v) is 16.9. The Morgan fingerprint density at radius 2 is 2.07 bits per heavy atom. The summed E-state index contributed by atoms with van der Waals surface area (Å²) in [6, 6.07) is 11.4. The van der Waals surface area contributed by atoms with Crippen molar-refractivity contribution in [1.29, 1.82) is 0 Å². The molecule has 0 fully saturated rings. The number of nitrogens with two attached hydrogens (primary N) is 1. The van der Waals surface area contributed by atoms with Crippen molar-refractivity contribution in [3.05, 3.63) is 68.1 Å². The first-order valence-electron chi connectivity index (χ1n) is 8.89. The molecule has 0 saturated carbocycles. The molecule has 1 atom stereocenters. The Bertz CT molecular complexity index is 1160. The van der Waals surface area contributed by atoms with E-state index >= 15 is 0 Å². The van der Waals surface area contributed by atoms with Gasteiger partial charge in [-0.3, -0.25) is 10.0 Å². The van der Waals surface area contributed by atoms with Gasteiger partial charge in [-0.2, -0.15) is 5.06 Å². The van der Waals surface area contributed by atoms with Crippen LogP contribution in [0, 0.1) is 11.8 Å². The molecule has 0 aliphatic carbocycles. The monoisotopic (exact) mass is 411 g/mol. The van der Waals surface area contributed by atoms with Gasteiger partial charge in [-0.15, -0.1) is 11.3 Å². The molecule has 0 aliphatic heterocycles. The highest BCUT2D eigenvalue weighted by atomic mass is 32.1. The van der Waals surface area contributed by atoms with Gasteiger partial charge in [0.2, 0.25) is 0 Å². The molecule has 3 rings (SSSR count). The Labute approximate surface area is 171 Å². The Kier molecular flexibility index (Phi) is 6.34. The molecule has 3 aromatic rings. The number of rotatable bonds is 5. The van der Waals surface area contributed by atoms with Crippen LogP contribution in [0.1, 0.15) is 22.2 Å². The predicted octanol–water partition coefficient (Wildman–Crippen LogP) is 2.83. The molecule has 150 valence electrons. The van der Waals surface area contributed by atoms with E-state index in [2.05, 4.69) is 11.8 Å². The zero-order chi connectivity index (χ0) is 21.0. The van der Waals surface area contributed by atoms with E-state index in [-0.39, 0.29) is 5.56 Å². The normalized spacial score (nSPS) is 11.7. The summed E-state index contributed by atoms with van der Waals surface area (Å²) in [6.07, 6.45) is 0. The van der Waals surface area contributed by atoms with E-state index in [0.29, 0.717) is 18.3 Å². The number of primary amides is 1. The van der Waals surface area contributed by atoms with Crippen LogP contribution in [0.5, 0.6) is 0 Å². The van der Waals surface area contributed by atoms with Crippen molar-refractivity contribution < 1.29 is 14.7 Å². The number of urea groups is 1. The second-order valence-corrected chi connectivity index (χ2v) is 7.68. The van der Waals surface area contributed by atoms with Gasteiger partial charge in [0.15, 0.2) is 0 Å². The molecular weight excluding hydrogens is 390 g/mol. The minimum Gasteiger partial charge on any atom is -0.371 e. The number of pyridine rings is 1. The van der Waals surface area contributed by atoms with Crippen molar-refractivity contribution >= 4 is 28.3 Å². The number of thiophene rings is 1. The minimum absolute atomic E-state index is 0.0335. The van der Waals surface area contributed by atoms with Crippen molar-refractivity contribution in [3.8, 4) is 11.8 Å². The summed E-state index contributed by atoms with van der Waals surface area (Å²) in [5.41, 5.74) is 6.87. The van der Waals surface area contributed by atoms with Crippen LogP contribution in [0.4, 0.5) is 4.79 Å². The van der Waals surface area contributed by atoms with Crippen LogP contribution in [0.25, 0.3) is 10.9 Å². The van der Waals surface area contributed by atoms with Crippen LogP contribution >= 0.6 is 11.3 Å². The summed E-state index contributed by atoms with van der Waals surface area (Å²) in [6.45, 7) is 2.48. The van der Waals surface area contributed by atoms with Gasteiger partial charge in [0, 0.05) is 18.0 Å². The van der Waals surface area contributed by atoms with E-state index in [0.717, 1.165) is 26.2 Å². The number of benzene rings is 1. The molecule has 0 unspecified atom stereocenters. The summed E-state index contributed by atoms with van der Waals surface area (Å²) in [5, 5.41) is 10.8. The zero-order valence-electron chi connectivity index (χ0n) is 16.1. The largest absolute Gasteiger partial charge is 0.371 e. The van der Waals surface area contributed by atoms with Crippen LogP contribution in [0.3, 0.4) is 0 Å². The molecule has 2 aromatic heterocycles. The molecule has 7 nitrogen and oxygen atoms in total. The summed E-state index contributed by atoms with van der Waals surface area (Å²) in [5.74, 6) is 5.69. The molecule has 0 aliphatic rings. The van der Waals surface area contributed by atoms with Gasteiger partial charge in [0.1, 0.15) is 6.04 Å². The number of amides is 2. The third-order valence-corrected chi connectivity index (χ3v) is 5.34. The van der Waals surface area contributed by atoms with Gasteiger partial charge in [-0.05, 0) is 48.2 Å². The van der Waals surface area contributed by atoms with Crippen LogP contribution < -0.4 is 11.3 Å². The van der Waals surface area contributed by atoms with Gasteiger partial charge < -0.3 is 15.0 Å². The number of nitrogens with zero attached hydrogens (tertiary/aromatic N) is 2. The van der Waals surface area contributed by atoms with E-state index in [9.17, 15) is 14.8 Å². The lowest BCUT2D eigenvalue weighted by molar-refractivity contribution is -0.0536. The lowest BCUT2D eigenvalue weighted by Crippen LogP contribution is -2.38. The number of hydrogen-bond donors (Lipinski definition) is 2. The number of hydroxylamine groups is 2. The summed E-state index contributed by atoms with van der Waals surface area (Å²) in [4.78, 5) is 24.4. The standard InChI is InChI=1S/C21H21N3O4S/c1-14(24(27)21(22)26)3-6-17-7-8-18(29-17)13-28-12-15-4-9-19-16(11-15)5-10-20(25)23(19)2/h4-5,7-11,14,27H,12-13H2,1-2H3,(H2,22,26)/t14-/m1/s1. The van der Waals surface area contributed by atoms with Crippen LogP contribution in [-0.2, 0) is 25.0 Å².